The molecule has 0 atom stereocenters. The van der Waals surface area contributed by atoms with Crippen LogP contribution in [0.1, 0.15) is 10.4 Å². The minimum atomic E-state index is -0.403. The summed E-state index contributed by atoms with van der Waals surface area (Å²) in [6.07, 6.45) is 1.56. The molecule has 0 unspecified atom stereocenters. The van der Waals surface area contributed by atoms with Crippen molar-refractivity contribution in [3.8, 4) is 0 Å². The van der Waals surface area contributed by atoms with Gasteiger partial charge in [0.25, 0.3) is 5.91 Å². The molecule has 0 aliphatic carbocycles. The van der Waals surface area contributed by atoms with Crippen LogP contribution in [0.15, 0.2) is 53.1 Å². The zero-order valence-corrected chi connectivity index (χ0v) is 19.4. The van der Waals surface area contributed by atoms with Crippen LogP contribution < -0.4 is 21.0 Å². The number of aromatic nitrogens is 2. The van der Waals surface area contributed by atoms with E-state index in [4.69, 9.17) is 9.57 Å². The Hall–Kier alpha value is -3.28. The van der Waals surface area contributed by atoms with Gasteiger partial charge in [0.05, 0.1) is 41.7 Å². The van der Waals surface area contributed by atoms with Crippen molar-refractivity contribution in [3.05, 3.63) is 64.5 Å². The predicted molar refractivity (Wildman–Crippen MR) is 127 cm³/mol. The molecular formula is C22H22BrFN6O3. The first-order valence-electron chi connectivity index (χ1n) is 10.2. The molecule has 0 bridgehead atoms. The zero-order valence-electron chi connectivity index (χ0n) is 17.8. The topological polar surface area (TPSA) is 101 Å². The van der Waals surface area contributed by atoms with Gasteiger partial charge in [0.2, 0.25) is 5.95 Å². The molecule has 0 spiro atoms. The third-order valence-corrected chi connectivity index (χ3v) is 5.50. The second kappa shape index (κ2) is 10.6. The van der Waals surface area contributed by atoms with Crippen molar-refractivity contribution in [3.63, 3.8) is 0 Å². The van der Waals surface area contributed by atoms with E-state index in [1.807, 2.05) is 4.90 Å². The highest BCUT2D eigenvalue weighted by molar-refractivity contribution is 9.10. The van der Waals surface area contributed by atoms with Crippen molar-refractivity contribution in [2.45, 2.75) is 0 Å². The Bertz CT molecular complexity index is 1140. The van der Waals surface area contributed by atoms with Crippen LogP contribution in [0, 0.1) is 5.82 Å². The second-order valence-electron chi connectivity index (χ2n) is 7.09. The van der Waals surface area contributed by atoms with Gasteiger partial charge in [-0.25, -0.2) is 14.9 Å². The summed E-state index contributed by atoms with van der Waals surface area (Å²) in [5.41, 5.74) is 4.25. The van der Waals surface area contributed by atoms with E-state index in [0.29, 0.717) is 59.2 Å². The fraction of sp³-hybridized carbons (Fsp3) is 0.227. The lowest BCUT2D eigenvalue weighted by Gasteiger charge is -2.29. The number of halogens is 2. The van der Waals surface area contributed by atoms with Gasteiger partial charge in [0, 0.05) is 25.0 Å². The summed E-state index contributed by atoms with van der Waals surface area (Å²) in [5, 5.41) is 6.14. The number of para-hydroxylation sites is 1. The van der Waals surface area contributed by atoms with Gasteiger partial charge in [-0.05, 0) is 46.3 Å². The van der Waals surface area contributed by atoms with Gasteiger partial charge in [-0.2, -0.15) is 4.98 Å². The van der Waals surface area contributed by atoms with Crippen molar-refractivity contribution in [2.24, 2.45) is 0 Å². The largest absolute Gasteiger partial charge is 0.378 e. The molecule has 1 amide bonds. The molecule has 2 heterocycles. The van der Waals surface area contributed by atoms with Crippen molar-refractivity contribution in [2.75, 3.05) is 48.9 Å². The van der Waals surface area contributed by atoms with Crippen LogP contribution in [0.25, 0.3) is 0 Å². The van der Waals surface area contributed by atoms with E-state index < -0.39 is 5.91 Å². The molecule has 33 heavy (non-hydrogen) atoms. The maximum atomic E-state index is 14.7. The lowest BCUT2D eigenvalue weighted by molar-refractivity contribution is 0.0538. The van der Waals surface area contributed by atoms with Crippen molar-refractivity contribution < 1.29 is 18.8 Å². The number of rotatable bonds is 7. The number of carbonyl (C=O) groups excluding carboxylic acids is 1. The van der Waals surface area contributed by atoms with Crippen molar-refractivity contribution >= 4 is 50.7 Å². The van der Waals surface area contributed by atoms with Crippen molar-refractivity contribution in [1.82, 2.24) is 15.4 Å². The highest BCUT2D eigenvalue weighted by atomic mass is 79.9. The molecule has 1 aromatic heterocycles. The molecule has 1 aliphatic rings. The van der Waals surface area contributed by atoms with Gasteiger partial charge in [0.15, 0.2) is 0 Å². The highest BCUT2D eigenvalue weighted by Gasteiger charge is 2.16. The zero-order chi connectivity index (χ0) is 23.2. The molecule has 0 saturated carbocycles. The number of benzene rings is 2. The molecule has 172 valence electrons. The summed E-state index contributed by atoms with van der Waals surface area (Å²) < 4.78 is 20.6. The number of carbonyl (C=O) groups is 1. The molecule has 1 aliphatic heterocycles. The summed E-state index contributed by atoms with van der Waals surface area (Å²) >= 11 is 3.41. The van der Waals surface area contributed by atoms with Crippen LogP contribution in [0.3, 0.4) is 0 Å². The van der Waals surface area contributed by atoms with Gasteiger partial charge in [-0.15, -0.1) is 0 Å². The highest BCUT2D eigenvalue weighted by Crippen LogP contribution is 2.28. The molecule has 4 rings (SSSR count). The number of hydroxylamine groups is 1. The predicted octanol–water partition coefficient (Wildman–Crippen LogP) is 3.99. The molecule has 9 nitrogen and oxygen atoms in total. The number of morpholine rings is 1. The van der Waals surface area contributed by atoms with Crippen LogP contribution in [0.2, 0.25) is 0 Å². The maximum absolute atomic E-state index is 14.7. The molecule has 2 aromatic carbocycles. The Kier molecular flexibility index (Phi) is 7.33. The fourth-order valence-electron chi connectivity index (χ4n) is 3.35. The Balaban J connectivity index is 1.53. The summed E-state index contributed by atoms with van der Waals surface area (Å²) in [5.74, 6) is -0.0518. The third-order valence-electron chi connectivity index (χ3n) is 4.92. The second-order valence-corrected chi connectivity index (χ2v) is 7.94. The molecule has 0 radical (unpaired) electrons. The first-order valence-corrected chi connectivity index (χ1v) is 11.0. The lowest BCUT2D eigenvalue weighted by Crippen LogP contribution is -2.36. The SMILES string of the molecule is CONC(=O)c1ccccc1Nc1nc(Nc2ccc(N3CCOCC3)c(F)c2)ncc1Br. The van der Waals surface area contributed by atoms with E-state index in [1.54, 1.807) is 42.6 Å². The average Bonchev–Trinajstić information content (AvgIpc) is 2.82. The summed E-state index contributed by atoms with van der Waals surface area (Å²) in [4.78, 5) is 27.6. The molecular weight excluding hydrogens is 495 g/mol. The molecule has 3 aromatic rings. The van der Waals surface area contributed by atoms with Crippen molar-refractivity contribution in [1.29, 1.82) is 0 Å². The Morgan fingerprint density at radius 1 is 1.18 bits per heavy atom. The van der Waals surface area contributed by atoms with E-state index in [1.165, 1.54) is 13.2 Å². The third kappa shape index (κ3) is 5.56. The standard InChI is InChI=1S/C22H22BrFN6O3/c1-32-29-21(31)15-4-2-3-5-18(15)27-20-16(23)13-25-22(28-20)26-14-6-7-19(17(24)12-14)30-8-10-33-11-9-30/h2-7,12-13H,8-11H2,1H3,(H,29,31)(H2,25,26,27,28). The quantitative estimate of drug-likeness (QED) is 0.405. The summed E-state index contributed by atoms with van der Waals surface area (Å²) in [6.45, 7) is 2.47. The van der Waals surface area contributed by atoms with E-state index >= 15 is 0 Å². The first kappa shape index (κ1) is 22.9. The van der Waals surface area contributed by atoms with E-state index in [-0.39, 0.29) is 11.8 Å². The minimum Gasteiger partial charge on any atom is -0.378 e. The van der Waals surface area contributed by atoms with E-state index in [2.05, 4.69) is 42.0 Å². The van der Waals surface area contributed by atoms with Crippen LogP contribution in [-0.2, 0) is 9.57 Å². The number of amides is 1. The number of anilines is 5. The smallest absolute Gasteiger partial charge is 0.276 e. The Labute approximate surface area is 198 Å². The molecule has 3 N–H and O–H groups in total. The number of hydrogen-bond acceptors (Lipinski definition) is 8. The van der Waals surface area contributed by atoms with Crippen LogP contribution >= 0.6 is 15.9 Å². The fourth-order valence-corrected chi connectivity index (χ4v) is 3.64. The van der Waals surface area contributed by atoms with Crippen LogP contribution in [0.4, 0.5) is 33.2 Å². The normalized spacial score (nSPS) is 13.5. The Morgan fingerprint density at radius 3 is 2.73 bits per heavy atom. The molecule has 1 saturated heterocycles. The van der Waals surface area contributed by atoms with E-state index in [9.17, 15) is 9.18 Å². The van der Waals surface area contributed by atoms with Gasteiger partial charge in [-0.3, -0.25) is 9.63 Å². The van der Waals surface area contributed by atoms with Gasteiger partial charge in [-0.1, -0.05) is 12.1 Å². The summed E-state index contributed by atoms with van der Waals surface area (Å²) in [7, 11) is 1.36. The number of nitrogens with one attached hydrogen (secondary N) is 3. The first-order chi connectivity index (χ1) is 16.0. The van der Waals surface area contributed by atoms with Crippen LogP contribution in [0.5, 0.6) is 0 Å². The summed E-state index contributed by atoms with van der Waals surface area (Å²) in [6, 6.07) is 11.8. The Morgan fingerprint density at radius 2 is 1.97 bits per heavy atom. The van der Waals surface area contributed by atoms with Gasteiger partial charge < -0.3 is 20.3 Å². The molecule has 1 fully saturated rings. The maximum Gasteiger partial charge on any atom is 0.276 e. The lowest BCUT2D eigenvalue weighted by atomic mass is 10.1. The monoisotopic (exact) mass is 516 g/mol. The van der Waals surface area contributed by atoms with Gasteiger partial charge >= 0.3 is 0 Å². The number of nitrogens with zero attached hydrogens (tertiary/aromatic N) is 3. The number of hydrogen-bond donors (Lipinski definition) is 3. The van der Waals surface area contributed by atoms with Gasteiger partial charge in [0.1, 0.15) is 11.6 Å². The minimum absolute atomic E-state index is 0.262. The number of ether oxygens (including phenoxy) is 1. The molecule has 11 heteroatoms. The average molecular weight is 517 g/mol. The van der Waals surface area contributed by atoms with Crippen LogP contribution in [-0.4, -0.2) is 49.3 Å². The van der Waals surface area contributed by atoms with E-state index in [0.717, 1.165) is 0 Å².